The molecule has 1 fully saturated rings. The minimum atomic E-state index is -1.47. The number of carbonyl (C=O) groups is 1. The Morgan fingerprint density at radius 1 is 1.12 bits per heavy atom. The average molecular weight is 339 g/mol. The molecule has 0 atom stereocenters. The van der Waals surface area contributed by atoms with E-state index in [-0.39, 0.29) is 5.91 Å². The maximum atomic E-state index is 11.1. The molecule has 1 heterocycles. The van der Waals surface area contributed by atoms with Crippen LogP contribution in [0.15, 0.2) is 58.7 Å². The van der Waals surface area contributed by atoms with Gasteiger partial charge in [-0.05, 0) is 28.2 Å². The van der Waals surface area contributed by atoms with Gasteiger partial charge in [0.15, 0.2) is 5.17 Å². The van der Waals surface area contributed by atoms with Crippen LogP contribution >= 0.6 is 11.8 Å². The highest BCUT2D eigenvalue weighted by atomic mass is 32.2. The number of nitrogens with zero attached hydrogens (tertiary/aromatic N) is 2. The van der Waals surface area contributed by atoms with E-state index in [0.29, 0.717) is 16.4 Å². The quantitative estimate of drug-likeness (QED) is 0.432. The lowest BCUT2D eigenvalue weighted by Crippen LogP contribution is -2.29. The molecule has 0 bridgehead atoms. The van der Waals surface area contributed by atoms with Gasteiger partial charge >= 0.3 is 7.12 Å². The zero-order valence-electron chi connectivity index (χ0n) is 12.6. The first-order valence-electron chi connectivity index (χ1n) is 7.22. The van der Waals surface area contributed by atoms with Crippen molar-refractivity contribution in [1.29, 1.82) is 0 Å². The van der Waals surface area contributed by atoms with Gasteiger partial charge in [0, 0.05) is 0 Å². The van der Waals surface area contributed by atoms with Crippen LogP contribution < -0.4 is 10.8 Å². The summed E-state index contributed by atoms with van der Waals surface area (Å²) in [7, 11) is -1.47. The lowest BCUT2D eigenvalue weighted by Gasteiger charge is -2.04. The normalized spacial score (nSPS) is 15.9. The Morgan fingerprint density at radius 3 is 2.58 bits per heavy atom. The van der Waals surface area contributed by atoms with E-state index in [2.05, 4.69) is 15.5 Å². The molecule has 0 spiro atoms. The van der Waals surface area contributed by atoms with Crippen molar-refractivity contribution in [2.24, 2.45) is 10.2 Å². The number of benzene rings is 2. The standard InChI is InChI=1S/C16H14BN3O3S/c21-15-10-24-16(19-15)20-18-9-11-2-1-3-13(8-11)12-4-6-14(7-5-12)17(22)23/h1-9,22-23H,10H2,(H,19,20,21). The molecule has 1 saturated heterocycles. The Morgan fingerprint density at radius 2 is 1.92 bits per heavy atom. The predicted molar refractivity (Wildman–Crippen MR) is 97.3 cm³/mol. The molecule has 24 heavy (non-hydrogen) atoms. The van der Waals surface area contributed by atoms with Crippen LogP contribution in [0.25, 0.3) is 11.1 Å². The van der Waals surface area contributed by atoms with Crippen molar-refractivity contribution < 1.29 is 14.8 Å². The first-order chi connectivity index (χ1) is 11.6. The van der Waals surface area contributed by atoms with Crippen molar-refractivity contribution in [2.75, 3.05) is 5.75 Å². The highest BCUT2D eigenvalue weighted by molar-refractivity contribution is 8.15. The second-order valence-corrected chi connectivity index (χ2v) is 6.07. The molecule has 2 aromatic carbocycles. The molecular formula is C16H14BN3O3S. The molecule has 0 unspecified atom stereocenters. The van der Waals surface area contributed by atoms with E-state index in [1.54, 1.807) is 18.3 Å². The van der Waals surface area contributed by atoms with Crippen LogP contribution in [0, 0.1) is 0 Å². The molecule has 6 nitrogen and oxygen atoms in total. The lowest BCUT2D eigenvalue weighted by molar-refractivity contribution is -0.116. The van der Waals surface area contributed by atoms with Crippen LogP contribution in [-0.4, -0.2) is 40.2 Å². The Labute approximate surface area is 143 Å². The third-order valence-electron chi connectivity index (χ3n) is 3.37. The van der Waals surface area contributed by atoms with Crippen molar-refractivity contribution in [2.45, 2.75) is 0 Å². The number of amidine groups is 1. The smallest absolute Gasteiger partial charge is 0.423 e. The molecule has 1 aliphatic heterocycles. The summed E-state index contributed by atoms with van der Waals surface area (Å²) in [5, 5.41) is 29.3. The highest BCUT2D eigenvalue weighted by Crippen LogP contribution is 2.19. The summed E-state index contributed by atoms with van der Waals surface area (Å²) in [4.78, 5) is 11.1. The summed E-state index contributed by atoms with van der Waals surface area (Å²) in [6.45, 7) is 0. The van der Waals surface area contributed by atoms with E-state index in [0.717, 1.165) is 16.7 Å². The van der Waals surface area contributed by atoms with E-state index in [9.17, 15) is 4.79 Å². The van der Waals surface area contributed by atoms with Crippen LogP contribution in [0.5, 0.6) is 0 Å². The SMILES string of the molecule is O=C1CSC(=NN=Cc2cccc(-c3ccc(B(O)O)cc3)c2)N1. The number of hydrogen-bond donors (Lipinski definition) is 3. The molecule has 3 N–H and O–H groups in total. The number of amides is 1. The monoisotopic (exact) mass is 339 g/mol. The molecule has 1 amide bonds. The fourth-order valence-corrected chi connectivity index (χ4v) is 2.80. The summed E-state index contributed by atoms with van der Waals surface area (Å²) >= 11 is 1.32. The van der Waals surface area contributed by atoms with E-state index in [1.807, 2.05) is 36.4 Å². The first kappa shape index (κ1) is 16.4. The third kappa shape index (κ3) is 4.11. The van der Waals surface area contributed by atoms with Gasteiger partial charge in [0.05, 0.1) is 12.0 Å². The average Bonchev–Trinajstić information content (AvgIpc) is 3.00. The Kier molecular flexibility index (Phi) is 5.09. The van der Waals surface area contributed by atoms with Gasteiger partial charge in [0.2, 0.25) is 5.91 Å². The van der Waals surface area contributed by atoms with Gasteiger partial charge in [-0.1, -0.05) is 54.2 Å². The molecule has 0 radical (unpaired) electrons. The zero-order chi connectivity index (χ0) is 16.9. The molecule has 3 rings (SSSR count). The van der Waals surface area contributed by atoms with Crippen LogP contribution in [-0.2, 0) is 4.79 Å². The molecule has 0 aliphatic carbocycles. The van der Waals surface area contributed by atoms with Gasteiger partial charge in [-0.15, -0.1) is 5.10 Å². The molecule has 2 aromatic rings. The Hall–Kier alpha value is -2.42. The Balaban J connectivity index is 1.75. The first-order valence-corrected chi connectivity index (χ1v) is 8.20. The number of thioether (sulfide) groups is 1. The van der Waals surface area contributed by atoms with Crippen LogP contribution in [0.2, 0.25) is 0 Å². The molecule has 8 heteroatoms. The number of rotatable bonds is 4. The van der Waals surface area contributed by atoms with Crippen molar-refractivity contribution in [3.05, 3.63) is 54.1 Å². The zero-order valence-corrected chi connectivity index (χ0v) is 13.4. The third-order valence-corrected chi connectivity index (χ3v) is 4.23. The second kappa shape index (κ2) is 7.44. The van der Waals surface area contributed by atoms with Gasteiger partial charge in [-0.3, -0.25) is 4.79 Å². The predicted octanol–water partition coefficient (Wildman–Crippen LogP) is 0.586. The van der Waals surface area contributed by atoms with E-state index >= 15 is 0 Å². The minimum Gasteiger partial charge on any atom is -0.423 e. The van der Waals surface area contributed by atoms with Crippen molar-refractivity contribution in [3.63, 3.8) is 0 Å². The highest BCUT2D eigenvalue weighted by Gasteiger charge is 2.15. The van der Waals surface area contributed by atoms with Gasteiger partial charge < -0.3 is 15.4 Å². The van der Waals surface area contributed by atoms with Gasteiger partial charge in [-0.25, -0.2) is 0 Å². The van der Waals surface area contributed by atoms with Crippen molar-refractivity contribution in [1.82, 2.24) is 5.32 Å². The molecule has 120 valence electrons. The summed E-state index contributed by atoms with van der Waals surface area (Å²) in [5.41, 5.74) is 3.26. The summed E-state index contributed by atoms with van der Waals surface area (Å²) in [6, 6.07) is 14.7. The molecule has 1 aliphatic rings. The van der Waals surface area contributed by atoms with Crippen molar-refractivity contribution in [3.8, 4) is 11.1 Å². The van der Waals surface area contributed by atoms with E-state index < -0.39 is 7.12 Å². The summed E-state index contributed by atoms with van der Waals surface area (Å²) in [5.74, 6) is 0.315. The fourth-order valence-electron chi connectivity index (χ4n) is 2.17. The van der Waals surface area contributed by atoms with Crippen LogP contribution in [0.1, 0.15) is 5.56 Å². The van der Waals surface area contributed by atoms with E-state index in [4.69, 9.17) is 10.0 Å². The maximum absolute atomic E-state index is 11.1. The largest absolute Gasteiger partial charge is 0.488 e. The molecule has 0 saturated carbocycles. The minimum absolute atomic E-state index is 0.0626. The Bertz CT molecular complexity index is 806. The van der Waals surface area contributed by atoms with Crippen molar-refractivity contribution >= 4 is 41.6 Å². The topological polar surface area (TPSA) is 94.3 Å². The molecular weight excluding hydrogens is 325 g/mol. The van der Waals surface area contributed by atoms with Gasteiger partial charge in [0.1, 0.15) is 0 Å². The van der Waals surface area contributed by atoms with Crippen LogP contribution in [0.3, 0.4) is 0 Å². The summed E-state index contributed by atoms with van der Waals surface area (Å²) in [6.07, 6.45) is 1.62. The lowest BCUT2D eigenvalue weighted by atomic mass is 9.80. The maximum Gasteiger partial charge on any atom is 0.488 e. The van der Waals surface area contributed by atoms with Gasteiger partial charge in [-0.2, -0.15) is 5.10 Å². The second-order valence-electron chi connectivity index (χ2n) is 5.11. The number of hydrogen-bond acceptors (Lipinski definition) is 6. The van der Waals surface area contributed by atoms with Gasteiger partial charge in [0.25, 0.3) is 0 Å². The summed E-state index contributed by atoms with van der Waals surface area (Å²) < 4.78 is 0. The number of nitrogens with one attached hydrogen (secondary N) is 1. The molecule has 0 aromatic heterocycles. The fraction of sp³-hybridized carbons (Fsp3) is 0.0625. The van der Waals surface area contributed by atoms with Crippen LogP contribution in [0.4, 0.5) is 0 Å². The van der Waals surface area contributed by atoms with E-state index in [1.165, 1.54) is 11.8 Å². The number of carbonyl (C=O) groups excluding carboxylic acids is 1.